The summed E-state index contributed by atoms with van der Waals surface area (Å²) in [5.41, 5.74) is 6.58. The van der Waals surface area contributed by atoms with Crippen molar-refractivity contribution in [3.8, 4) is 0 Å². The molecule has 1 aromatic heterocycles. The van der Waals surface area contributed by atoms with E-state index in [1.807, 2.05) is 0 Å². The van der Waals surface area contributed by atoms with Crippen LogP contribution < -0.4 is 16.6 Å². The molecular weight excluding hydrogens is 288 g/mol. The predicted octanol–water partition coefficient (Wildman–Crippen LogP) is 2.77. The number of rotatable bonds is 5. The lowest BCUT2D eigenvalue weighted by molar-refractivity contribution is 0.523. The van der Waals surface area contributed by atoms with Gasteiger partial charge in [0.2, 0.25) is 0 Å². The summed E-state index contributed by atoms with van der Waals surface area (Å²) in [6.07, 6.45) is 9.15. The van der Waals surface area contributed by atoms with E-state index in [1.54, 1.807) is 6.20 Å². The molecule has 0 radical (unpaired) electrons. The van der Waals surface area contributed by atoms with Gasteiger partial charge in [0.15, 0.2) is 0 Å². The van der Waals surface area contributed by atoms with Crippen LogP contribution in [0.15, 0.2) is 11.0 Å². The number of nitrogens with one attached hydrogen (secondary N) is 1. The lowest BCUT2D eigenvalue weighted by atomic mass is 10.0. The zero-order valence-electron chi connectivity index (χ0n) is 12.6. The molecule has 5 nitrogen and oxygen atoms in total. The average molecular weight is 313 g/mol. The Bertz CT molecular complexity index is 517. The molecule has 2 rings (SSSR count). The maximum atomic E-state index is 12.2. The lowest BCUT2D eigenvalue weighted by Gasteiger charge is -2.24. The fourth-order valence-electron chi connectivity index (χ4n) is 2.75. The number of halogens is 1. The summed E-state index contributed by atoms with van der Waals surface area (Å²) >= 11 is 6.21. The van der Waals surface area contributed by atoms with Crippen molar-refractivity contribution >= 4 is 17.3 Å². The second-order valence-corrected chi connectivity index (χ2v) is 6.18. The Morgan fingerprint density at radius 2 is 2.19 bits per heavy atom. The Kier molecular flexibility index (Phi) is 6.06. The van der Waals surface area contributed by atoms with E-state index in [0.29, 0.717) is 12.2 Å². The molecule has 0 bridgehead atoms. The third kappa shape index (κ3) is 4.20. The number of hydrogen-bond acceptors (Lipinski definition) is 4. The van der Waals surface area contributed by atoms with Crippen LogP contribution in [0.4, 0.5) is 5.69 Å². The van der Waals surface area contributed by atoms with Gasteiger partial charge in [0.05, 0.1) is 11.9 Å². The van der Waals surface area contributed by atoms with E-state index < -0.39 is 0 Å². The summed E-state index contributed by atoms with van der Waals surface area (Å²) in [6.45, 7) is 2.69. The molecule has 1 saturated carbocycles. The summed E-state index contributed by atoms with van der Waals surface area (Å²) < 4.78 is 1.43. The molecule has 118 valence electrons. The van der Waals surface area contributed by atoms with Crippen LogP contribution in [-0.2, 0) is 6.54 Å². The number of anilines is 1. The van der Waals surface area contributed by atoms with Gasteiger partial charge >= 0.3 is 0 Å². The van der Waals surface area contributed by atoms with Crippen molar-refractivity contribution in [1.82, 2.24) is 9.78 Å². The van der Waals surface area contributed by atoms with Gasteiger partial charge in [0, 0.05) is 18.6 Å². The maximum absolute atomic E-state index is 12.2. The van der Waals surface area contributed by atoms with Gasteiger partial charge in [-0.1, -0.05) is 44.2 Å². The van der Waals surface area contributed by atoms with Crippen molar-refractivity contribution in [3.05, 3.63) is 21.6 Å². The Morgan fingerprint density at radius 3 is 2.95 bits per heavy atom. The minimum atomic E-state index is -0.225. The van der Waals surface area contributed by atoms with Crippen LogP contribution in [-0.4, -0.2) is 21.9 Å². The number of aryl methyl sites for hydroxylation is 1. The molecule has 1 aliphatic rings. The van der Waals surface area contributed by atoms with Crippen LogP contribution in [0, 0.1) is 0 Å². The van der Waals surface area contributed by atoms with Gasteiger partial charge in [-0.05, 0) is 19.3 Å². The molecule has 6 heteroatoms. The number of unbranched alkanes of at least 4 members (excludes halogenated alkanes) is 1. The summed E-state index contributed by atoms with van der Waals surface area (Å²) in [6, 6.07) is 0.267. The number of nitrogens with two attached hydrogens (primary N) is 1. The highest BCUT2D eigenvalue weighted by Crippen LogP contribution is 2.23. The Balaban J connectivity index is 2.13. The van der Waals surface area contributed by atoms with Crippen molar-refractivity contribution < 1.29 is 0 Å². The third-order valence-electron chi connectivity index (χ3n) is 4.12. The first-order chi connectivity index (χ1) is 10.1. The van der Waals surface area contributed by atoms with Gasteiger partial charge in [-0.2, -0.15) is 5.10 Å². The largest absolute Gasteiger partial charge is 0.378 e. The van der Waals surface area contributed by atoms with Crippen molar-refractivity contribution in [2.24, 2.45) is 5.73 Å². The molecule has 3 N–H and O–H groups in total. The van der Waals surface area contributed by atoms with Crippen molar-refractivity contribution in [3.63, 3.8) is 0 Å². The molecule has 0 aromatic carbocycles. The molecule has 1 heterocycles. The van der Waals surface area contributed by atoms with E-state index in [-0.39, 0.29) is 22.7 Å². The fraction of sp³-hybridized carbons (Fsp3) is 0.733. The highest BCUT2D eigenvalue weighted by molar-refractivity contribution is 6.32. The van der Waals surface area contributed by atoms with E-state index in [4.69, 9.17) is 17.3 Å². The summed E-state index contributed by atoms with van der Waals surface area (Å²) in [4.78, 5) is 12.2. The minimum Gasteiger partial charge on any atom is -0.378 e. The molecular formula is C15H25ClN4O. The summed E-state index contributed by atoms with van der Waals surface area (Å²) in [5, 5.41) is 7.76. The molecule has 0 amide bonds. The van der Waals surface area contributed by atoms with Crippen LogP contribution in [0.2, 0.25) is 5.02 Å². The van der Waals surface area contributed by atoms with Gasteiger partial charge in [0.25, 0.3) is 5.56 Å². The highest BCUT2D eigenvalue weighted by Gasteiger charge is 2.21. The molecule has 0 spiro atoms. The standard InChI is InChI=1S/C15H25ClN4O/c1-2-3-9-20-15(21)14(16)13(10-18-20)19-12-8-6-4-5-7-11(12)17/h10-12,19H,2-9,17H2,1H3. The van der Waals surface area contributed by atoms with E-state index in [1.165, 1.54) is 17.5 Å². The zero-order valence-corrected chi connectivity index (χ0v) is 13.4. The summed E-state index contributed by atoms with van der Waals surface area (Å²) in [5.74, 6) is 0. The van der Waals surface area contributed by atoms with E-state index in [2.05, 4.69) is 17.3 Å². The Labute approximate surface area is 130 Å². The molecule has 2 atom stereocenters. The average Bonchev–Trinajstić information content (AvgIpc) is 2.68. The first-order valence-electron chi connectivity index (χ1n) is 7.91. The second kappa shape index (κ2) is 7.80. The van der Waals surface area contributed by atoms with Gasteiger partial charge in [0.1, 0.15) is 5.02 Å². The number of hydrogen-bond donors (Lipinski definition) is 2. The third-order valence-corrected chi connectivity index (χ3v) is 4.48. The van der Waals surface area contributed by atoms with E-state index in [0.717, 1.165) is 32.1 Å². The Morgan fingerprint density at radius 1 is 1.43 bits per heavy atom. The van der Waals surface area contributed by atoms with Gasteiger partial charge < -0.3 is 11.1 Å². The van der Waals surface area contributed by atoms with Crippen LogP contribution >= 0.6 is 11.6 Å². The van der Waals surface area contributed by atoms with Gasteiger partial charge in [-0.15, -0.1) is 0 Å². The maximum Gasteiger partial charge on any atom is 0.287 e. The monoisotopic (exact) mass is 312 g/mol. The van der Waals surface area contributed by atoms with Crippen molar-refractivity contribution in [2.75, 3.05) is 5.32 Å². The number of aromatic nitrogens is 2. The molecule has 1 aliphatic carbocycles. The quantitative estimate of drug-likeness (QED) is 0.820. The van der Waals surface area contributed by atoms with Crippen LogP contribution in [0.25, 0.3) is 0 Å². The first-order valence-corrected chi connectivity index (χ1v) is 8.29. The summed E-state index contributed by atoms with van der Waals surface area (Å²) in [7, 11) is 0. The normalized spacial score (nSPS) is 22.8. The van der Waals surface area contributed by atoms with Crippen molar-refractivity contribution in [1.29, 1.82) is 0 Å². The molecule has 21 heavy (non-hydrogen) atoms. The molecule has 2 unspecified atom stereocenters. The van der Waals surface area contributed by atoms with Crippen LogP contribution in [0.1, 0.15) is 51.9 Å². The molecule has 1 fully saturated rings. The number of nitrogens with zero attached hydrogens (tertiary/aromatic N) is 2. The molecule has 0 aliphatic heterocycles. The van der Waals surface area contributed by atoms with E-state index >= 15 is 0 Å². The molecule has 0 saturated heterocycles. The first kappa shape index (κ1) is 16.3. The second-order valence-electron chi connectivity index (χ2n) is 5.81. The topological polar surface area (TPSA) is 72.9 Å². The molecule has 1 aromatic rings. The zero-order chi connectivity index (χ0) is 15.2. The van der Waals surface area contributed by atoms with Crippen molar-refractivity contribution in [2.45, 2.75) is 70.5 Å². The fourth-order valence-corrected chi connectivity index (χ4v) is 2.95. The van der Waals surface area contributed by atoms with Crippen LogP contribution in [0.5, 0.6) is 0 Å². The van der Waals surface area contributed by atoms with Crippen LogP contribution in [0.3, 0.4) is 0 Å². The lowest BCUT2D eigenvalue weighted by Crippen LogP contribution is -2.40. The minimum absolute atomic E-state index is 0.103. The predicted molar refractivity (Wildman–Crippen MR) is 86.9 cm³/mol. The van der Waals surface area contributed by atoms with Gasteiger partial charge in [-0.25, -0.2) is 4.68 Å². The Hall–Kier alpha value is -1.07. The SMILES string of the molecule is CCCCn1ncc(NC2CCCCCC2N)c(Cl)c1=O. The smallest absolute Gasteiger partial charge is 0.287 e. The highest BCUT2D eigenvalue weighted by atomic mass is 35.5. The van der Waals surface area contributed by atoms with Gasteiger partial charge in [-0.3, -0.25) is 4.79 Å². The van der Waals surface area contributed by atoms with E-state index in [9.17, 15) is 4.79 Å².